The van der Waals surface area contributed by atoms with Crippen molar-refractivity contribution in [3.05, 3.63) is 0 Å². The smallest absolute Gasteiger partial charge is 0.0725 e. The summed E-state index contributed by atoms with van der Waals surface area (Å²) >= 11 is 0. The summed E-state index contributed by atoms with van der Waals surface area (Å²) in [5, 5.41) is 3.34. The van der Waals surface area contributed by atoms with Crippen molar-refractivity contribution < 1.29 is 4.74 Å². The minimum atomic E-state index is 0.373. The van der Waals surface area contributed by atoms with Gasteiger partial charge in [0.15, 0.2) is 0 Å². The van der Waals surface area contributed by atoms with Crippen LogP contribution in [0.2, 0.25) is 0 Å². The Kier molecular flexibility index (Phi) is 7.29. The first-order valence-corrected chi connectivity index (χ1v) is 5.44. The summed E-state index contributed by atoms with van der Waals surface area (Å²) in [6, 6.07) is 0.505. The van der Waals surface area contributed by atoms with E-state index >= 15 is 0 Å². The third kappa shape index (κ3) is 5.27. The second kappa shape index (κ2) is 7.34. The molecule has 0 aliphatic rings. The first-order valence-electron chi connectivity index (χ1n) is 5.44. The predicted molar refractivity (Wildman–Crippen MR) is 58.0 cm³/mol. The third-order valence-electron chi connectivity index (χ3n) is 2.33. The highest BCUT2D eigenvalue weighted by Crippen LogP contribution is 2.13. The van der Waals surface area contributed by atoms with Gasteiger partial charge < -0.3 is 10.1 Å². The van der Waals surface area contributed by atoms with Crippen molar-refractivity contribution >= 4 is 0 Å². The van der Waals surface area contributed by atoms with Crippen LogP contribution in [0.25, 0.3) is 0 Å². The molecule has 13 heavy (non-hydrogen) atoms. The lowest BCUT2D eigenvalue weighted by atomic mass is 9.98. The van der Waals surface area contributed by atoms with Gasteiger partial charge in [0.2, 0.25) is 0 Å². The molecule has 0 spiro atoms. The van der Waals surface area contributed by atoms with Crippen molar-refractivity contribution in [2.45, 2.75) is 52.7 Å². The predicted octanol–water partition coefficient (Wildman–Crippen LogP) is 2.44. The summed E-state index contributed by atoms with van der Waals surface area (Å²) in [5.41, 5.74) is 0. The number of hydrogen-bond donors (Lipinski definition) is 1. The van der Waals surface area contributed by atoms with Gasteiger partial charge in [0.1, 0.15) is 0 Å². The minimum absolute atomic E-state index is 0.373. The van der Waals surface area contributed by atoms with Gasteiger partial charge in [-0.05, 0) is 32.7 Å². The van der Waals surface area contributed by atoms with Gasteiger partial charge in [-0.25, -0.2) is 0 Å². The lowest BCUT2D eigenvalue weighted by molar-refractivity contribution is 0.0285. The summed E-state index contributed by atoms with van der Waals surface area (Å²) < 4.78 is 5.68. The van der Waals surface area contributed by atoms with Gasteiger partial charge in [0.05, 0.1) is 6.10 Å². The molecule has 2 heteroatoms. The number of hydrogen-bond acceptors (Lipinski definition) is 2. The molecule has 0 aromatic rings. The molecule has 0 saturated carbocycles. The molecule has 0 saturated heterocycles. The normalized spacial score (nSPS) is 16.2. The van der Waals surface area contributed by atoms with E-state index in [0.29, 0.717) is 12.1 Å². The van der Waals surface area contributed by atoms with Crippen LogP contribution in [0.15, 0.2) is 0 Å². The average Bonchev–Trinajstić information content (AvgIpc) is 2.10. The standard InChI is InChI=1S/C11H25NO/c1-6-11(13-7-2)10(12-5)8-9(3)4/h9-12H,6-8H2,1-5H3. The molecule has 1 N–H and O–H groups in total. The third-order valence-corrected chi connectivity index (χ3v) is 2.33. The fourth-order valence-corrected chi connectivity index (χ4v) is 1.70. The summed E-state index contributed by atoms with van der Waals surface area (Å²) in [6.07, 6.45) is 2.65. The molecule has 0 heterocycles. The van der Waals surface area contributed by atoms with Gasteiger partial charge in [-0.1, -0.05) is 20.8 Å². The Hall–Kier alpha value is -0.0800. The molecule has 80 valence electrons. The van der Waals surface area contributed by atoms with Crippen LogP contribution < -0.4 is 5.32 Å². The molecule has 0 radical (unpaired) electrons. The lowest BCUT2D eigenvalue weighted by Crippen LogP contribution is -2.40. The topological polar surface area (TPSA) is 21.3 Å². The van der Waals surface area contributed by atoms with Gasteiger partial charge in [-0.2, -0.15) is 0 Å². The van der Waals surface area contributed by atoms with Crippen molar-refractivity contribution in [1.82, 2.24) is 5.32 Å². The molecule has 2 nitrogen and oxygen atoms in total. The SMILES string of the molecule is CCOC(CC)C(CC(C)C)NC. The van der Waals surface area contributed by atoms with Crippen molar-refractivity contribution in [3.8, 4) is 0 Å². The zero-order chi connectivity index (χ0) is 10.3. The maximum atomic E-state index is 5.68. The molecule has 0 bridgehead atoms. The van der Waals surface area contributed by atoms with Crippen LogP contribution >= 0.6 is 0 Å². The zero-order valence-electron chi connectivity index (χ0n) is 9.76. The van der Waals surface area contributed by atoms with Crippen molar-refractivity contribution in [2.24, 2.45) is 5.92 Å². The second-order valence-corrected chi connectivity index (χ2v) is 3.93. The monoisotopic (exact) mass is 187 g/mol. The molecular weight excluding hydrogens is 162 g/mol. The van der Waals surface area contributed by atoms with Crippen molar-refractivity contribution in [3.63, 3.8) is 0 Å². The van der Waals surface area contributed by atoms with E-state index < -0.39 is 0 Å². The maximum absolute atomic E-state index is 5.68. The van der Waals surface area contributed by atoms with Crippen LogP contribution in [0.3, 0.4) is 0 Å². The highest BCUT2D eigenvalue weighted by molar-refractivity contribution is 4.75. The molecule has 0 aliphatic carbocycles. The Morgan fingerprint density at radius 1 is 1.23 bits per heavy atom. The van der Waals surface area contributed by atoms with E-state index in [1.807, 2.05) is 7.05 Å². The Morgan fingerprint density at radius 2 is 1.85 bits per heavy atom. The molecule has 0 fully saturated rings. The van der Waals surface area contributed by atoms with E-state index in [4.69, 9.17) is 4.74 Å². The number of ether oxygens (including phenoxy) is 1. The molecule has 0 aromatic heterocycles. The molecular formula is C11H25NO. The van der Waals surface area contributed by atoms with E-state index in [1.54, 1.807) is 0 Å². The quantitative estimate of drug-likeness (QED) is 0.661. The van der Waals surface area contributed by atoms with E-state index in [9.17, 15) is 0 Å². The van der Waals surface area contributed by atoms with Gasteiger partial charge >= 0.3 is 0 Å². The fraction of sp³-hybridized carbons (Fsp3) is 1.00. The van der Waals surface area contributed by atoms with Gasteiger partial charge in [-0.15, -0.1) is 0 Å². The van der Waals surface area contributed by atoms with Crippen molar-refractivity contribution in [1.29, 1.82) is 0 Å². The Balaban J connectivity index is 4.00. The molecule has 0 aliphatic heterocycles. The number of likely N-dealkylation sites (N-methyl/N-ethyl adjacent to an activating group) is 1. The van der Waals surface area contributed by atoms with Crippen LogP contribution in [-0.4, -0.2) is 25.8 Å². The highest BCUT2D eigenvalue weighted by Gasteiger charge is 2.19. The fourth-order valence-electron chi connectivity index (χ4n) is 1.70. The van der Waals surface area contributed by atoms with E-state index in [1.165, 1.54) is 6.42 Å². The second-order valence-electron chi connectivity index (χ2n) is 3.93. The molecule has 0 aromatic carbocycles. The average molecular weight is 187 g/mol. The maximum Gasteiger partial charge on any atom is 0.0725 e. The molecule has 2 unspecified atom stereocenters. The van der Waals surface area contributed by atoms with Crippen LogP contribution in [0.4, 0.5) is 0 Å². The summed E-state index contributed by atoms with van der Waals surface area (Å²) in [5.74, 6) is 0.729. The zero-order valence-corrected chi connectivity index (χ0v) is 9.76. The number of rotatable bonds is 7. The lowest BCUT2D eigenvalue weighted by Gasteiger charge is -2.27. The van der Waals surface area contributed by atoms with Gasteiger partial charge in [0.25, 0.3) is 0 Å². The summed E-state index contributed by atoms with van der Waals surface area (Å²) in [6.45, 7) is 9.57. The summed E-state index contributed by atoms with van der Waals surface area (Å²) in [7, 11) is 2.02. The molecule has 0 amide bonds. The molecule has 2 atom stereocenters. The Bertz CT molecular complexity index is 115. The van der Waals surface area contributed by atoms with Crippen molar-refractivity contribution in [2.75, 3.05) is 13.7 Å². The Morgan fingerprint density at radius 3 is 2.15 bits per heavy atom. The largest absolute Gasteiger partial charge is 0.377 e. The number of nitrogens with one attached hydrogen (secondary N) is 1. The first-order chi connectivity index (χ1) is 6.15. The van der Waals surface area contributed by atoms with Crippen LogP contribution in [0, 0.1) is 5.92 Å². The molecule has 0 rings (SSSR count). The van der Waals surface area contributed by atoms with Crippen LogP contribution in [0.1, 0.15) is 40.5 Å². The minimum Gasteiger partial charge on any atom is -0.377 e. The van der Waals surface area contributed by atoms with Crippen LogP contribution in [0.5, 0.6) is 0 Å². The van der Waals surface area contributed by atoms with E-state index in [0.717, 1.165) is 18.9 Å². The van der Waals surface area contributed by atoms with Gasteiger partial charge in [-0.3, -0.25) is 0 Å². The van der Waals surface area contributed by atoms with Crippen LogP contribution in [-0.2, 0) is 4.74 Å². The highest BCUT2D eigenvalue weighted by atomic mass is 16.5. The van der Waals surface area contributed by atoms with E-state index in [-0.39, 0.29) is 0 Å². The summed E-state index contributed by atoms with van der Waals surface area (Å²) in [4.78, 5) is 0. The van der Waals surface area contributed by atoms with Gasteiger partial charge in [0, 0.05) is 12.6 Å². The first kappa shape index (κ1) is 12.9. The Labute approximate surface area is 83.1 Å². The van der Waals surface area contributed by atoms with E-state index in [2.05, 4.69) is 33.0 Å².